The van der Waals surface area contributed by atoms with E-state index in [4.69, 9.17) is 6.42 Å². The molecule has 0 radical (unpaired) electrons. The van der Waals surface area contributed by atoms with Crippen molar-refractivity contribution in [1.29, 1.82) is 0 Å². The molecule has 0 heterocycles. The highest BCUT2D eigenvalue weighted by Gasteiger charge is 2.06. The van der Waals surface area contributed by atoms with Gasteiger partial charge in [0.1, 0.15) is 0 Å². The van der Waals surface area contributed by atoms with Crippen LogP contribution >= 0.6 is 0 Å². The Hall–Kier alpha value is -1.21. The smallest absolute Gasteiger partial charge is 0.405 e. The lowest BCUT2D eigenvalue weighted by Gasteiger charge is -2.07. The van der Waals surface area contributed by atoms with Crippen LogP contribution in [0, 0.1) is 12.3 Å². The zero-order chi connectivity index (χ0) is 7.98. The standard InChI is InChI=1S/C6H9NO3/c1-3-5(4-9-2)10-6(7)8/h1,5H,4H2,2H3,(H2,7,8)/t5-/m0/s1. The number of primary amides is 1. The maximum absolute atomic E-state index is 10.1. The van der Waals surface area contributed by atoms with Gasteiger partial charge in [-0.1, -0.05) is 5.92 Å². The Morgan fingerprint density at radius 3 is 2.80 bits per heavy atom. The first kappa shape index (κ1) is 8.79. The summed E-state index contributed by atoms with van der Waals surface area (Å²) in [6, 6.07) is 0. The molecule has 0 aliphatic carbocycles. The number of nitrogens with two attached hydrogens (primary N) is 1. The van der Waals surface area contributed by atoms with Crippen LogP contribution in [-0.4, -0.2) is 25.9 Å². The first-order valence-electron chi connectivity index (χ1n) is 2.62. The molecule has 0 saturated heterocycles. The van der Waals surface area contributed by atoms with E-state index in [2.05, 4.69) is 21.1 Å². The molecule has 0 aliphatic heterocycles. The number of rotatable bonds is 3. The third kappa shape index (κ3) is 3.75. The molecule has 10 heavy (non-hydrogen) atoms. The summed E-state index contributed by atoms with van der Waals surface area (Å²) in [6.07, 6.45) is 3.38. The predicted octanol–water partition coefficient (Wildman–Crippen LogP) is -0.270. The average Bonchev–Trinajstić information content (AvgIpc) is 1.86. The van der Waals surface area contributed by atoms with E-state index >= 15 is 0 Å². The third-order valence-corrected chi connectivity index (χ3v) is 0.762. The second kappa shape index (κ2) is 4.65. The minimum Gasteiger partial charge on any atom is -0.431 e. The summed E-state index contributed by atoms with van der Waals surface area (Å²) in [5, 5.41) is 0. The molecular formula is C6H9NO3. The predicted molar refractivity (Wildman–Crippen MR) is 35.2 cm³/mol. The van der Waals surface area contributed by atoms with Gasteiger partial charge < -0.3 is 15.2 Å². The Balaban J connectivity index is 3.63. The van der Waals surface area contributed by atoms with Gasteiger partial charge in [-0.2, -0.15) is 0 Å². The Morgan fingerprint density at radius 1 is 1.90 bits per heavy atom. The van der Waals surface area contributed by atoms with Crippen molar-refractivity contribution in [3.8, 4) is 12.3 Å². The molecule has 0 rings (SSSR count). The molecule has 0 aromatic carbocycles. The monoisotopic (exact) mass is 143 g/mol. The maximum Gasteiger partial charge on any atom is 0.405 e. The van der Waals surface area contributed by atoms with E-state index in [1.807, 2.05) is 0 Å². The van der Waals surface area contributed by atoms with Crippen LogP contribution in [0.25, 0.3) is 0 Å². The Kier molecular flexibility index (Phi) is 4.09. The van der Waals surface area contributed by atoms with Gasteiger partial charge in [-0.05, 0) is 0 Å². The number of ether oxygens (including phenoxy) is 2. The number of terminal acetylenes is 1. The van der Waals surface area contributed by atoms with Crippen molar-refractivity contribution in [2.24, 2.45) is 5.73 Å². The van der Waals surface area contributed by atoms with Crippen molar-refractivity contribution in [3.63, 3.8) is 0 Å². The van der Waals surface area contributed by atoms with Crippen LogP contribution in [0.3, 0.4) is 0 Å². The number of carbonyl (C=O) groups excluding carboxylic acids is 1. The van der Waals surface area contributed by atoms with Gasteiger partial charge >= 0.3 is 6.09 Å². The zero-order valence-corrected chi connectivity index (χ0v) is 5.66. The van der Waals surface area contributed by atoms with E-state index < -0.39 is 12.2 Å². The average molecular weight is 143 g/mol. The molecule has 1 amide bonds. The highest BCUT2D eigenvalue weighted by atomic mass is 16.6. The van der Waals surface area contributed by atoms with Crippen molar-refractivity contribution in [1.82, 2.24) is 0 Å². The Labute approximate surface area is 59.3 Å². The van der Waals surface area contributed by atoms with Gasteiger partial charge in [0.25, 0.3) is 0 Å². The molecule has 0 aromatic heterocycles. The van der Waals surface area contributed by atoms with Crippen LogP contribution in [0.1, 0.15) is 0 Å². The van der Waals surface area contributed by atoms with Crippen molar-refractivity contribution in [2.75, 3.05) is 13.7 Å². The first-order valence-corrected chi connectivity index (χ1v) is 2.62. The Morgan fingerprint density at radius 2 is 2.50 bits per heavy atom. The SMILES string of the molecule is C#C[C@@H](COC)OC(N)=O. The van der Waals surface area contributed by atoms with E-state index in [0.29, 0.717) is 0 Å². The fraction of sp³-hybridized carbons (Fsp3) is 0.500. The van der Waals surface area contributed by atoms with Crippen LogP contribution in [0.15, 0.2) is 0 Å². The Bertz CT molecular complexity index is 150. The lowest BCUT2D eigenvalue weighted by molar-refractivity contribution is 0.0729. The maximum atomic E-state index is 10.1. The first-order chi connectivity index (χ1) is 4.70. The zero-order valence-electron chi connectivity index (χ0n) is 5.66. The molecule has 4 nitrogen and oxygen atoms in total. The van der Waals surface area contributed by atoms with Crippen LogP contribution in [0.5, 0.6) is 0 Å². The molecule has 1 atom stereocenters. The molecule has 0 aromatic rings. The van der Waals surface area contributed by atoms with Gasteiger partial charge in [0.15, 0.2) is 6.10 Å². The highest BCUT2D eigenvalue weighted by molar-refractivity contribution is 5.65. The van der Waals surface area contributed by atoms with Gasteiger partial charge in [-0.15, -0.1) is 6.42 Å². The van der Waals surface area contributed by atoms with Crippen molar-refractivity contribution >= 4 is 6.09 Å². The third-order valence-electron chi connectivity index (χ3n) is 0.762. The van der Waals surface area contributed by atoms with Crippen LogP contribution < -0.4 is 5.73 Å². The number of hydrogen-bond acceptors (Lipinski definition) is 3. The summed E-state index contributed by atoms with van der Waals surface area (Å²) in [4.78, 5) is 10.1. The topological polar surface area (TPSA) is 61.6 Å². The van der Waals surface area contributed by atoms with Crippen molar-refractivity contribution < 1.29 is 14.3 Å². The van der Waals surface area contributed by atoms with E-state index in [1.54, 1.807) is 0 Å². The van der Waals surface area contributed by atoms with Crippen LogP contribution in [-0.2, 0) is 9.47 Å². The fourth-order valence-corrected chi connectivity index (χ4v) is 0.408. The molecule has 56 valence electrons. The summed E-state index contributed by atoms with van der Waals surface area (Å²) in [5.41, 5.74) is 4.69. The largest absolute Gasteiger partial charge is 0.431 e. The molecule has 0 aliphatic rings. The van der Waals surface area contributed by atoms with E-state index in [-0.39, 0.29) is 6.61 Å². The van der Waals surface area contributed by atoms with Gasteiger partial charge in [-0.25, -0.2) is 4.79 Å². The molecular weight excluding hydrogens is 134 g/mol. The lowest BCUT2D eigenvalue weighted by atomic mass is 10.4. The van der Waals surface area contributed by atoms with Gasteiger partial charge in [0, 0.05) is 7.11 Å². The van der Waals surface area contributed by atoms with E-state index in [1.165, 1.54) is 7.11 Å². The normalized spacial score (nSPS) is 11.6. The van der Waals surface area contributed by atoms with Gasteiger partial charge in [0.05, 0.1) is 6.61 Å². The lowest BCUT2D eigenvalue weighted by Crippen LogP contribution is -2.24. The van der Waals surface area contributed by atoms with Gasteiger partial charge in [-0.3, -0.25) is 0 Å². The summed E-state index contributed by atoms with van der Waals surface area (Å²) in [6.45, 7) is 0.166. The minimum atomic E-state index is -0.889. The van der Waals surface area contributed by atoms with Crippen molar-refractivity contribution in [3.05, 3.63) is 0 Å². The molecule has 0 spiro atoms. The van der Waals surface area contributed by atoms with Crippen LogP contribution in [0.4, 0.5) is 4.79 Å². The molecule has 4 heteroatoms. The van der Waals surface area contributed by atoms with E-state index in [0.717, 1.165) is 0 Å². The second-order valence-corrected chi connectivity index (χ2v) is 1.55. The minimum absolute atomic E-state index is 0.166. The summed E-state index contributed by atoms with van der Waals surface area (Å²) in [5.74, 6) is 2.19. The number of hydrogen-bond donors (Lipinski definition) is 1. The molecule has 0 saturated carbocycles. The molecule has 0 unspecified atom stereocenters. The quantitative estimate of drug-likeness (QED) is 0.553. The fourth-order valence-electron chi connectivity index (χ4n) is 0.408. The second-order valence-electron chi connectivity index (χ2n) is 1.55. The molecule has 2 N–H and O–H groups in total. The summed E-state index contributed by atoms with van der Waals surface area (Å²) in [7, 11) is 1.45. The highest BCUT2D eigenvalue weighted by Crippen LogP contribution is 1.89. The number of methoxy groups -OCH3 is 1. The number of amides is 1. The summed E-state index contributed by atoms with van der Waals surface area (Å²) < 4.78 is 9.04. The number of carbonyl (C=O) groups is 1. The van der Waals surface area contributed by atoms with Crippen molar-refractivity contribution in [2.45, 2.75) is 6.10 Å². The molecule has 0 fully saturated rings. The summed E-state index contributed by atoms with van der Waals surface area (Å²) >= 11 is 0. The van der Waals surface area contributed by atoms with E-state index in [9.17, 15) is 4.79 Å². The van der Waals surface area contributed by atoms with Crippen LogP contribution in [0.2, 0.25) is 0 Å². The molecule has 0 bridgehead atoms. The van der Waals surface area contributed by atoms with Gasteiger partial charge in [0.2, 0.25) is 0 Å².